The monoisotopic (exact) mass is 723 g/mol. The van der Waals surface area contributed by atoms with Crippen LogP contribution in [0.15, 0.2) is 109 Å². The van der Waals surface area contributed by atoms with Crippen LogP contribution in [0.5, 0.6) is 11.5 Å². The minimum absolute atomic E-state index is 0.274. The number of rotatable bonds is 17. The fourth-order valence-electron chi connectivity index (χ4n) is 5.72. The van der Waals surface area contributed by atoms with Gasteiger partial charge in [0.25, 0.3) is 0 Å². The average Bonchev–Trinajstić information content (AvgIpc) is 3.10. The molecular formula is C44H57N3O6. The van der Waals surface area contributed by atoms with Gasteiger partial charge in [0.05, 0.1) is 0 Å². The summed E-state index contributed by atoms with van der Waals surface area (Å²) in [6.45, 7) is 15.9. The second-order valence-electron chi connectivity index (χ2n) is 15.3. The van der Waals surface area contributed by atoms with E-state index >= 15 is 0 Å². The van der Waals surface area contributed by atoms with E-state index in [1.165, 1.54) is 0 Å². The van der Waals surface area contributed by atoms with E-state index in [9.17, 15) is 9.59 Å². The van der Waals surface area contributed by atoms with E-state index in [0.29, 0.717) is 45.7 Å². The molecule has 9 nitrogen and oxygen atoms in total. The normalized spacial score (nSPS) is 12.8. The van der Waals surface area contributed by atoms with Crippen molar-refractivity contribution in [2.24, 2.45) is 0 Å². The Balaban J connectivity index is 1.45. The third-order valence-electron chi connectivity index (χ3n) is 8.15. The molecular weight excluding hydrogens is 666 g/mol. The van der Waals surface area contributed by atoms with Crippen molar-refractivity contribution in [3.8, 4) is 11.5 Å². The van der Waals surface area contributed by atoms with Gasteiger partial charge >= 0.3 is 12.2 Å². The number of likely N-dealkylation sites (N-methyl/N-ethyl adjacent to an activating group) is 1. The lowest BCUT2D eigenvalue weighted by Gasteiger charge is -2.32. The van der Waals surface area contributed by atoms with E-state index in [0.717, 1.165) is 33.8 Å². The molecule has 4 aromatic rings. The third-order valence-corrected chi connectivity index (χ3v) is 8.15. The summed E-state index contributed by atoms with van der Waals surface area (Å²) < 4.78 is 23.3. The van der Waals surface area contributed by atoms with Crippen molar-refractivity contribution >= 4 is 12.2 Å². The number of nitrogens with zero attached hydrogens (tertiary/aromatic N) is 1. The molecule has 284 valence electrons. The Bertz CT molecular complexity index is 1540. The minimum atomic E-state index is -0.638. The maximum Gasteiger partial charge on any atom is 0.407 e. The van der Waals surface area contributed by atoms with E-state index < -0.39 is 23.4 Å². The standard InChI is InChI=1S/C44H57N3O6/c1-8-47(29-37(45-41(48)52-43(2,3)4)27-33-19-23-39(24-20-33)50-31-35-15-11-9-12-16-35)30-38(46-42(49)53-44(5,6)7)28-34-21-25-40(26-22-34)51-32-36-17-13-10-14-18-36/h9-26,37-38H,8,27-32H2,1-7H3,(H,45,48)(H,46,49)/t37-,38?/m0/s1. The molecule has 1 unspecified atom stereocenters. The van der Waals surface area contributed by atoms with Crippen LogP contribution in [0.2, 0.25) is 0 Å². The first-order valence-corrected chi connectivity index (χ1v) is 18.5. The minimum Gasteiger partial charge on any atom is -0.489 e. The number of carbonyl (C=O) groups excluding carboxylic acids is 2. The number of benzene rings is 4. The first-order valence-electron chi connectivity index (χ1n) is 18.5. The van der Waals surface area contributed by atoms with Gasteiger partial charge in [-0.25, -0.2) is 9.59 Å². The lowest BCUT2D eigenvalue weighted by Crippen LogP contribution is -2.51. The van der Waals surface area contributed by atoms with Gasteiger partial charge in [-0.2, -0.15) is 0 Å². The Morgan fingerprint density at radius 1 is 0.547 bits per heavy atom. The summed E-state index contributed by atoms with van der Waals surface area (Å²) in [6, 6.07) is 35.5. The quantitative estimate of drug-likeness (QED) is 0.112. The van der Waals surface area contributed by atoms with Crippen LogP contribution < -0.4 is 20.1 Å². The topological polar surface area (TPSA) is 98.4 Å². The summed E-state index contributed by atoms with van der Waals surface area (Å²) >= 11 is 0. The molecule has 4 aromatic carbocycles. The van der Waals surface area contributed by atoms with Crippen molar-refractivity contribution in [2.75, 3.05) is 19.6 Å². The number of nitrogens with one attached hydrogen (secondary N) is 2. The molecule has 0 heterocycles. The second kappa shape index (κ2) is 19.7. The zero-order valence-electron chi connectivity index (χ0n) is 32.4. The zero-order valence-corrected chi connectivity index (χ0v) is 32.4. The SMILES string of the molecule is CCN(CC(Cc1ccc(OCc2ccccc2)cc1)NC(=O)OC(C)(C)C)C[C@H](Cc1ccc(OCc2ccccc2)cc1)NC(=O)OC(C)(C)C. The molecule has 0 radical (unpaired) electrons. The Labute approximate surface area is 316 Å². The molecule has 0 aromatic heterocycles. The molecule has 4 rings (SSSR count). The molecule has 2 atom stereocenters. The highest BCUT2D eigenvalue weighted by Gasteiger charge is 2.25. The fourth-order valence-corrected chi connectivity index (χ4v) is 5.72. The zero-order chi connectivity index (χ0) is 38.3. The number of alkyl carbamates (subject to hydrolysis) is 2. The molecule has 0 saturated carbocycles. The van der Waals surface area contributed by atoms with Gasteiger partial charge in [-0.1, -0.05) is 91.9 Å². The molecule has 0 bridgehead atoms. The van der Waals surface area contributed by atoms with Crippen LogP contribution in [-0.2, 0) is 35.5 Å². The first-order chi connectivity index (χ1) is 25.2. The third kappa shape index (κ3) is 16.0. The molecule has 2 amide bonds. The van der Waals surface area contributed by atoms with E-state index in [4.69, 9.17) is 18.9 Å². The molecule has 2 N–H and O–H groups in total. The Kier molecular flexibility index (Phi) is 15.2. The molecule has 0 aliphatic rings. The summed E-state index contributed by atoms with van der Waals surface area (Å²) in [6.07, 6.45) is 0.200. The van der Waals surface area contributed by atoms with Gasteiger partial charge in [0.2, 0.25) is 0 Å². The highest BCUT2D eigenvalue weighted by atomic mass is 16.6. The Morgan fingerprint density at radius 2 is 0.906 bits per heavy atom. The summed E-state index contributed by atoms with van der Waals surface area (Å²) in [5.74, 6) is 1.55. The maximum absolute atomic E-state index is 13.0. The number of hydrogen-bond acceptors (Lipinski definition) is 7. The summed E-state index contributed by atoms with van der Waals surface area (Å²) in [4.78, 5) is 28.3. The van der Waals surface area contributed by atoms with Gasteiger partial charge < -0.3 is 29.6 Å². The number of hydrogen-bond donors (Lipinski definition) is 2. The van der Waals surface area contributed by atoms with E-state index in [-0.39, 0.29) is 12.1 Å². The smallest absolute Gasteiger partial charge is 0.407 e. The van der Waals surface area contributed by atoms with Crippen LogP contribution in [0.1, 0.15) is 70.7 Å². The molecule has 53 heavy (non-hydrogen) atoms. The van der Waals surface area contributed by atoms with Gasteiger partial charge in [0, 0.05) is 25.2 Å². The molecule has 0 aliphatic heterocycles. The summed E-state index contributed by atoms with van der Waals surface area (Å²) in [5, 5.41) is 6.23. The fraction of sp³-hybridized carbons (Fsp3) is 0.409. The predicted molar refractivity (Wildman–Crippen MR) is 210 cm³/mol. The van der Waals surface area contributed by atoms with Crippen LogP contribution >= 0.6 is 0 Å². The maximum atomic E-state index is 13.0. The molecule has 0 fully saturated rings. The highest BCUT2D eigenvalue weighted by molar-refractivity contribution is 5.68. The number of amides is 2. The van der Waals surface area contributed by atoms with E-state index in [2.05, 4.69) is 22.5 Å². The van der Waals surface area contributed by atoms with Gasteiger partial charge in [-0.15, -0.1) is 0 Å². The number of carbonyl (C=O) groups is 2. The van der Waals surface area contributed by atoms with Crippen molar-refractivity contribution < 1.29 is 28.5 Å². The lowest BCUT2D eigenvalue weighted by molar-refractivity contribution is 0.0483. The molecule has 0 spiro atoms. The van der Waals surface area contributed by atoms with Crippen LogP contribution in [0, 0.1) is 0 Å². The molecule has 9 heteroatoms. The van der Waals surface area contributed by atoms with Crippen LogP contribution in [0.25, 0.3) is 0 Å². The van der Waals surface area contributed by atoms with Crippen LogP contribution in [0.4, 0.5) is 9.59 Å². The van der Waals surface area contributed by atoms with Crippen LogP contribution in [-0.4, -0.2) is 60.0 Å². The number of ether oxygens (including phenoxy) is 4. The molecule has 0 saturated heterocycles. The Morgan fingerprint density at radius 3 is 1.23 bits per heavy atom. The van der Waals surface area contributed by atoms with Crippen molar-refractivity contribution in [1.82, 2.24) is 15.5 Å². The van der Waals surface area contributed by atoms with Crippen molar-refractivity contribution in [3.63, 3.8) is 0 Å². The van der Waals surface area contributed by atoms with Gasteiger partial charge in [0.15, 0.2) is 0 Å². The largest absolute Gasteiger partial charge is 0.489 e. The summed E-state index contributed by atoms with van der Waals surface area (Å²) in [5.41, 5.74) is 3.02. The van der Waals surface area contributed by atoms with E-state index in [1.807, 2.05) is 151 Å². The predicted octanol–water partition coefficient (Wildman–Crippen LogP) is 8.74. The van der Waals surface area contributed by atoms with Gasteiger partial charge in [-0.3, -0.25) is 4.90 Å². The van der Waals surface area contributed by atoms with E-state index in [1.54, 1.807) is 0 Å². The molecule has 0 aliphatic carbocycles. The van der Waals surface area contributed by atoms with Crippen molar-refractivity contribution in [2.45, 2.75) is 97.8 Å². The lowest BCUT2D eigenvalue weighted by atomic mass is 10.0. The van der Waals surface area contributed by atoms with Crippen LogP contribution in [0.3, 0.4) is 0 Å². The summed E-state index contributed by atoms with van der Waals surface area (Å²) in [7, 11) is 0. The van der Waals surface area contributed by atoms with Gasteiger partial charge in [0.1, 0.15) is 35.9 Å². The van der Waals surface area contributed by atoms with Crippen molar-refractivity contribution in [1.29, 1.82) is 0 Å². The second-order valence-corrected chi connectivity index (χ2v) is 15.3. The highest BCUT2D eigenvalue weighted by Crippen LogP contribution is 2.19. The van der Waals surface area contributed by atoms with Crippen molar-refractivity contribution in [3.05, 3.63) is 131 Å². The first kappa shape index (κ1) is 40.7. The Hall–Kier alpha value is -5.02. The average molecular weight is 724 g/mol. The van der Waals surface area contributed by atoms with Gasteiger partial charge in [-0.05, 0) is 107 Å².